The van der Waals surface area contributed by atoms with Gasteiger partial charge in [-0.2, -0.15) is 10.1 Å². The van der Waals surface area contributed by atoms with E-state index in [0.29, 0.717) is 12.2 Å². The molecule has 0 aliphatic rings. The Morgan fingerprint density at radius 1 is 1.00 bits per heavy atom. The van der Waals surface area contributed by atoms with Gasteiger partial charge in [-0.25, -0.2) is 27.4 Å². The molecular formula is C34H38N6O5S. The van der Waals surface area contributed by atoms with Crippen LogP contribution in [0.4, 0.5) is 5.95 Å². The number of pyridine rings is 1. The Morgan fingerprint density at radius 3 is 2.46 bits per heavy atom. The van der Waals surface area contributed by atoms with Crippen LogP contribution >= 0.6 is 0 Å². The van der Waals surface area contributed by atoms with Crippen LogP contribution in [0.2, 0.25) is 0 Å². The second-order valence-electron chi connectivity index (χ2n) is 12.5. The first-order chi connectivity index (χ1) is 21.8. The number of carboxylic acid groups (broad SMARTS) is 1. The molecule has 12 heteroatoms. The van der Waals surface area contributed by atoms with Gasteiger partial charge in [0.05, 0.1) is 27.9 Å². The van der Waals surface area contributed by atoms with Crippen molar-refractivity contribution in [3.05, 3.63) is 101 Å². The normalized spacial score (nSPS) is 12.6. The highest BCUT2D eigenvalue weighted by molar-refractivity contribution is 7.92. The zero-order valence-corrected chi connectivity index (χ0v) is 27.3. The third-order valence-corrected chi connectivity index (χ3v) is 8.76. The maximum absolute atomic E-state index is 13.3. The molecule has 0 fully saturated rings. The molecule has 0 saturated heterocycles. The number of carbonyl (C=O) groups is 1. The molecule has 3 aromatic heterocycles. The lowest BCUT2D eigenvalue weighted by Gasteiger charge is -2.27. The van der Waals surface area contributed by atoms with Crippen molar-refractivity contribution in [3.8, 4) is 17.1 Å². The minimum atomic E-state index is -4.23. The molecule has 3 N–H and O–H groups in total. The van der Waals surface area contributed by atoms with E-state index in [4.69, 9.17) is 4.74 Å². The lowest BCUT2D eigenvalue weighted by Crippen LogP contribution is -2.37. The second kappa shape index (κ2) is 13.3. The van der Waals surface area contributed by atoms with Crippen molar-refractivity contribution in [2.24, 2.45) is 5.41 Å². The number of aromatic nitrogens is 4. The van der Waals surface area contributed by atoms with Gasteiger partial charge < -0.3 is 15.2 Å². The third kappa shape index (κ3) is 7.88. The molecule has 2 aromatic carbocycles. The Labute approximate surface area is 268 Å². The summed E-state index contributed by atoms with van der Waals surface area (Å²) in [5.41, 5.74) is 5.14. The van der Waals surface area contributed by atoms with Gasteiger partial charge in [-0.3, -0.25) is 0 Å². The summed E-state index contributed by atoms with van der Waals surface area (Å²) in [5, 5.41) is 17.4. The molecule has 0 aliphatic heterocycles. The largest absolute Gasteiger partial charge is 0.478 e. The number of hydrogen-bond acceptors (Lipinski definition) is 8. The minimum absolute atomic E-state index is 0.0114. The minimum Gasteiger partial charge on any atom is -0.478 e. The van der Waals surface area contributed by atoms with Crippen molar-refractivity contribution < 1.29 is 23.1 Å². The number of sulfonamides is 1. The van der Waals surface area contributed by atoms with E-state index in [1.165, 1.54) is 18.2 Å². The van der Waals surface area contributed by atoms with Crippen LogP contribution < -0.4 is 14.8 Å². The molecule has 0 radical (unpaired) electrons. The quantitative estimate of drug-likeness (QED) is 0.152. The first-order valence-electron chi connectivity index (χ1n) is 14.9. The SMILES string of the molecule is Cc1cccc(C)c1-c1cc(OC[C@@H](CC(C)(C)C)NCc2cnn3ccccc23)nc(NS(=O)(=O)c2cccc(C(=O)O)c2)n1. The lowest BCUT2D eigenvalue weighted by molar-refractivity contribution is 0.0696. The Bertz CT molecular complexity index is 1960. The van der Waals surface area contributed by atoms with Crippen LogP contribution in [0.5, 0.6) is 5.88 Å². The van der Waals surface area contributed by atoms with Crippen LogP contribution in [0.15, 0.2) is 84.0 Å². The summed E-state index contributed by atoms with van der Waals surface area (Å²) in [5.74, 6) is -1.23. The van der Waals surface area contributed by atoms with E-state index in [0.717, 1.165) is 40.3 Å². The topological polar surface area (TPSA) is 148 Å². The highest BCUT2D eigenvalue weighted by atomic mass is 32.2. The van der Waals surface area contributed by atoms with Crippen molar-refractivity contribution in [1.82, 2.24) is 24.9 Å². The number of fused-ring (bicyclic) bond motifs is 1. The van der Waals surface area contributed by atoms with Gasteiger partial charge in [-0.05, 0) is 67.1 Å². The van der Waals surface area contributed by atoms with Crippen LogP contribution in [-0.4, -0.2) is 51.7 Å². The molecule has 240 valence electrons. The van der Waals surface area contributed by atoms with E-state index in [1.54, 1.807) is 6.07 Å². The molecule has 0 saturated carbocycles. The van der Waals surface area contributed by atoms with Gasteiger partial charge in [-0.15, -0.1) is 0 Å². The van der Waals surface area contributed by atoms with Gasteiger partial charge in [-0.1, -0.05) is 51.1 Å². The second-order valence-corrected chi connectivity index (χ2v) is 14.2. The Kier molecular flexibility index (Phi) is 9.40. The molecule has 0 aliphatic carbocycles. The van der Waals surface area contributed by atoms with Crippen molar-refractivity contribution in [2.75, 3.05) is 11.3 Å². The number of ether oxygens (including phenoxy) is 1. The standard InChI is InChI=1S/C34H38N6O5S/c1-22-10-8-11-23(2)31(22)28-17-30(38-33(37-28)39-46(43,44)27-13-9-12-24(16-27)32(41)42)45-21-26(18-34(3,4)5)35-19-25-20-36-40-15-7-6-14-29(25)40/h6-17,20,26,35H,18-19,21H2,1-5H3,(H,41,42)(H,37,38,39)/t26-/m1/s1. The summed E-state index contributed by atoms with van der Waals surface area (Å²) < 4.78 is 37.2. The Morgan fingerprint density at radius 2 is 1.74 bits per heavy atom. The predicted octanol–water partition coefficient (Wildman–Crippen LogP) is 5.88. The van der Waals surface area contributed by atoms with Gasteiger partial charge in [0.2, 0.25) is 11.8 Å². The van der Waals surface area contributed by atoms with Gasteiger partial charge in [0.15, 0.2) is 0 Å². The van der Waals surface area contributed by atoms with E-state index in [2.05, 4.69) is 45.9 Å². The number of benzene rings is 2. The van der Waals surface area contributed by atoms with Gasteiger partial charge in [0.25, 0.3) is 10.0 Å². The summed E-state index contributed by atoms with van der Waals surface area (Å²) in [6, 6.07) is 18.5. The first-order valence-corrected chi connectivity index (χ1v) is 16.4. The number of rotatable bonds is 12. The van der Waals surface area contributed by atoms with E-state index in [9.17, 15) is 18.3 Å². The smallest absolute Gasteiger partial charge is 0.335 e. The lowest BCUT2D eigenvalue weighted by atomic mass is 9.88. The van der Waals surface area contributed by atoms with Gasteiger partial charge in [0, 0.05) is 36.0 Å². The molecule has 0 spiro atoms. The number of nitrogens with zero attached hydrogens (tertiary/aromatic N) is 4. The number of hydrogen-bond donors (Lipinski definition) is 3. The monoisotopic (exact) mass is 642 g/mol. The molecule has 3 heterocycles. The molecule has 11 nitrogen and oxygen atoms in total. The zero-order valence-electron chi connectivity index (χ0n) is 26.5. The number of aryl methyl sites for hydroxylation is 2. The fraction of sp³-hybridized carbons (Fsp3) is 0.294. The molecule has 46 heavy (non-hydrogen) atoms. The summed E-state index contributed by atoms with van der Waals surface area (Å²) in [6.07, 6.45) is 4.55. The first kappa shape index (κ1) is 32.6. The van der Waals surface area contributed by atoms with E-state index in [-0.39, 0.29) is 40.4 Å². The molecular weight excluding hydrogens is 604 g/mol. The number of nitrogens with one attached hydrogen (secondary N) is 2. The summed E-state index contributed by atoms with van der Waals surface area (Å²) in [7, 11) is -4.23. The molecule has 0 unspecified atom stereocenters. The Hall–Kier alpha value is -4.81. The highest BCUT2D eigenvalue weighted by Gasteiger charge is 2.23. The maximum atomic E-state index is 13.3. The van der Waals surface area contributed by atoms with Crippen LogP contribution in [0.25, 0.3) is 16.8 Å². The van der Waals surface area contributed by atoms with Crippen LogP contribution in [-0.2, 0) is 16.6 Å². The van der Waals surface area contributed by atoms with Crippen molar-refractivity contribution >= 4 is 27.5 Å². The fourth-order valence-corrected chi connectivity index (χ4v) is 6.35. The third-order valence-electron chi connectivity index (χ3n) is 7.44. The van der Waals surface area contributed by atoms with Gasteiger partial charge in [0.1, 0.15) is 6.61 Å². The number of carboxylic acids is 1. The van der Waals surface area contributed by atoms with E-state index >= 15 is 0 Å². The number of anilines is 1. The summed E-state index contributed by atoms with van der Waals surface area (Å²) in [6.45, 7) is 11.2. The van der Waals surface area contributed by atoms with Crippen molar-refractivity contribution in [2.45, 2.75) is 58.5 Å². The highest BCUT2D eigenvalue weighted by Crippen LogP contribution is 2.30. The maximum Gasteiger partial charge on any atom is 0.335 e. The fourth-order valence-electron chi connectivity index (χ4n) is 5.36. The molecule has 1 atom stereocenters. The molecule has 5 aromatic rings. The zero-order chi connectivity index (χ0) is 33.1. The molecule has 0 amide bonds. The Balaban J connectivity index is 1.44. The summed E-state index contributed by atoms with van der Waals surface area (Å²) in [4.78, 5) is 20.2. The van der Waals surface area contributed by atoms with Gasteiger partial charge >= 0.3 is 5.97 Å². The average molecular weight is 643 g/mol. The van der Waals surface area contributed by atoms with E-state index in [1.807, 2.05) is 67.2 Å². The van der Waals surface area contributed by atoms with Crippen LogP contribution in [0, 0.1) is 19.3 Å². The van der Waals surface area contributed by atoms with Crippen LogP contribution in [0.3, 0.4) is 0 Å². The molecule has 5 rings (SSSR count). The van der Waals surface area contributed by atoms with Crippen molar-refractivity contribution in [1.29, 1.82) is 0 Å². The van der Waals surface area contributed by atoms with Crippen molar-refractivity contribution in [3.63, 3.8) is 0 Å². The molecule has 0 bridgehead atoms. The average Bonchev–Trinajstić information content (AvgIpc) is 3.41. The van der Waals surface area contributed by atoms with Crippen LogP contribution in [0.1, 0.15) is 54.2 Å². The van der Waals surface area contributed by atoms with E-state index < -0.39 is 16.0 Å². The summed E-state index contributed by atoms with van der Waals surface area (Å²) >= 11 is 0. The predicted molar refractivity (Wildman–Crippen MR) is 177 cm³/mol. The number of aromatic carboxylic acids is 1.